The van der Waals surface area contributed by atoms with Crippen molar-refractivity contribution in [2.24, 2.45) is 0 Å². The first-order chi connectivity index (χ1) is 8.52. The summed E-state index contributed by atoms with van der Waals surface area (Å²) in [5.74, 6) is 0.363. The van der Waals surface area contributed by atoms with Crippen molar-refractivity contribution in [1.29, 1.82) is 0 Å². The van der Waals surface area contributed by atoms with Gasteiger partial charge in [0.15, 0.2) is 0 Å². The fourth-order valence-corrected chi connectivity index (χ4v) is 2.75. The van der Waals surface area contributed by atoms with Crippen LogP contribution in [0.5, 0.6) is 0 Å². The first-order valence-electron chi connectivity index (χ1n) is 7.82. The van der Waals surface area contributed by atoms with E-state index in [2.05, 4.69) is 25.7 Å². The molecule has 0 N–H and O–H groups in total. The summed E-state index contributed by atoms with van der Waals surface area (Å²) in [6.07, 6.45) is 12.3. The number of amides is 1. The zero-order chi connectivity index (χ0) is 13.4. The Balaban J connectivity index is 2.53. The molecular formula is C16H31NO. The second-order valence-electron chi connectivity index (χ2n) is 6.65. The Hall–Kier alpha value is -0.530. The molecule has 2 nitrogen and oxygen atoms in total. The van der Waals surface area contributed by atoms with E-state index >= 15 is 0 Å². The van der Waals surface area contributed by atoms with E-state index in [-0.39, 0.29) is 5.54 Å². The lowest BCUT2D eigenvalue weighted by atomic mass is 10.0. The second-order valence-corrected chi connectivity index (χ2v) is 6.65. The molecule has 0 radical (unpaired) electrons. The van der Waals surface area contributed by atoms with Crippen LogP contribution in [0.4, 0.5) is 0 Å². The van der Waals surface area contributed by atoms with E-state index in [1.807, 2.05) is 0 Å². The summed E-state index contributed by atoms with van der Waals surface area (Å²) in [4.78, 5) is 14.4. The van der Waals surface area contributed by atoms with E-state index in [4.69, 9.17) is 0 Å². The number of hydrogen-bond donors (Lipinski definition) is 0. The number of carbonyl (C=O) groups excluding carboxylic acids is 1. The topological polar surface area (TPSA) is 20.3 Å². The minimum Gasteiger partial charge on any atom is -0.338 e. The summed E-state index contributed by atoms with van der Waals surface area (Å²) < 4.78 is 0. The van der Waals surface area contributed by atoms with Gasteiger partial charge in [-0.3, -0.25) is 4.79 Å². The van der Waals surface area contributed by atoms with Crippen molar-refractivity contribution in [3.8, 4) is 0 Å². The summed E-state index contributed by atoms with van der Waals surface area (Å²) >= 11 is 0. The van der Waals surface area contributed by atoms with Crippen LogP contribution >= 0.6 is 0 Å². The summed E-state index contributed by atoms with van der Waals surface area (Å²) in [5.41, 5.74) is -0.0166. The first-order valence-corrected chi connectivity index (χ1v) is 7.82. The van der Waals surface area contributed by atoms with Crippen molar-refractivity contribution < 1.29 is 4.79 Å². The van der Waals surface area contributed by atoms with Gasteiger partial charge in [0.2, 0.25) is 5.91 Å². The molecule has 0 saturated carbocycles. The molecule has 2 heteroatoms. The molecule has 1 aliphatic heterocycles. The Bertz CT molecular complexity index is 242. The van der Waals surface area contributed by atoms with Crippen molar-refractivity contribution in [2.75, 3.05) is 6.54 Å². The number of carbonyl (C=O) groups is 1. The summed E-state index contributed by atoms with van der Waals surface area (Å²) in [6, 6.07) is 0. The van der Waals surface area contributed by atoms with E-state index in [0.29, 0.717) is 5.91 Å². The SMILES string of the molecule is CC(C)(C)N1CCCCCCCCCCCC1=O. The molecule has 0 aromatic rings. The maximum Gasteiger partial charge on any atom is 0.222 e. The molecule has 0 aromatic heterocycles. The molecule has 1 heterocycles. The average molecular weight is 253 g/mol. The average Bonchev–Trinajstić information content (AvgIpc) is 2.29. The summed E-state index contributed by atoms with van der Waals surface area (Å²) in [7, 11) is 0. The molecule has 0 aliphatic carbocycles. The van der Waals surface area contributed by atoms with Gasteiger partial charge in [0, 0.05) is 18.5 Å². The third-order valence-corrected chi connectivity index (χ3v) is 3.88. The molecule has 18 heavy (non-hydrogen) atoms. The molecule has 1 aliphatic rings. The van der Waals surface area contributed by atoms with Crippen molar-refractivity contribution >= 4 is 5.91 Å². The van der Waals surface area contributed by atoms with E-state index in [1.165, 1.54) is 51.4 Å². The maximum atomic E-state index is 12.3. The molecule has 1 amide bonds. The highest BCUT2D eigenvalue weighted by Crippen LogP contribution is 2.19. The predicted molar refractivity (Wildman–Crippen MR) is 77.6 cm³/mol. The quantitative estimate of drug-likeness (QED) is 0.621. The normalized spacial score (nSPS) is 21.9. The summed E-state index contributed by atoms with van der Waals surface area (Å²) in [6.45, 7) is 7.41. The molecule has 0 aromatic carbocycles. The number of rotatable bonds is 0. The van der Waals surface area contributed by atoms with Gasteiger partial charge in [0.25, 0.3) is 0 Å². The van der Waals surface area contributed by atoms with Crippen LogP contribution in [0.1, 0.15) is 85.0 Å². The minimum atomic E-state index is -0.0166. The zero-order valence-electron chi connectivity index (χ0n) is 12.6. The Kier molecular flexibility index (Phi) is 6.73. The third-order valence-electron chi connectivity index (χ3n) is 3.88. The number of nitrogens with zero attached hydrogens (tertiary/aromatic N) is 1. The standard InChI is InChI=1S/C16H31NO/c1-16(2,3)17-14-12-10-8-6-4-5-7-9-11-13-15(17)18/h4-14H2,1-3H3. The van der Waals surface area contributed by atoms with Crippen LogP contribution < -0.4 is 0 Å². The van der Waals surface area contributed by atoms with Crippen LogP contribution in [0.3, 0.4) is 0 Å². The molecule has 0 unspecified atom stereocenters. The van der Waals surface area contributed by atoms with E-state index < -0.39 is 0 Å². The van der Waals surface area contributed by atoms with E-state index in [1.54, 1.807) is 0 Å². The second kappa shape index (κ2) is 7.81. The highest BCUT2D eigenvalue weighted by molar-refractivity contribution is 5.76. The molecule has 0 spiro atoms. The molecule has 0 bridgehead atoms. The van der Waals surface area contributed by atoms with Crippen LogP contribution in [-0.2, 0) is 4.79 Å². The van der Waals surface area contributed by atoms with Gasteiger partial charge in [-0.05, 0) is 33.6 Å². The van der Waals surface area contributed by atoms with Crippen LogP contribution in [-0.4, -0.2) is 22.9 Å². The zero-order valence-corrected chi connectivity index (χ0v) is 12.6. The van der Waals surface area contributed by atoms with Crippen LogP contribution in [0, 0.1) is 0 Å². The van der Waals surface area contributed by atoms with Gasteiger partial charge in [-0.2, -0.15) is 0 Å². The van der Waals surface area contributed by atoms with Crippen molar-refractivity contribution in [3.63, 3.8) is 0 Å². The lowest BCUT2D eigenvalue weighted by Gasteiger charge is -2.36. The van der Waals surface area contributed by atoms with Gasteiger partial charge in [-0.15, -0.1) is 0 Å². The van der Waals surface area contributed by atoms with Crippen LogP contribution in [0.2, 0.25) is 0 Å². The monoisotopic (exact) mass is 253 g/mol. The van der Waals surface area contributed by atoms with E-state index in [0.717, 1.165) is 19.4 Å². The van der Waals surface area contributed by atoms with E-state index in [9.17, 15) is 4.79 Å². The van der Waals surface area contributed by atoms with Crippen molar-refractivity contribution in [1.82, 2.24) is 4.90 Å². The van der Waals surface area contributed by atoms with Gasteiger partial charge >= 0.3 is 0 Å². The molecular weight excluding hydrogens is 222 g/mol. The van der Waals surface area contributed by atoms with Gasteiger partial charge in [0.05, 0.1) is 0 Å². The van der Waals surface area contributed by atoms with Crippen LogP contribution in [0.15, 0.2) is 0 Å². The Morgan fingerprint density at radius 3 is 1.72 bits per heavy atom. The molecule has 1 fully saturated rings. The van der Waals surface area contributed by atoms with Gasteiger partial charge in [0.1, 0.15) is 0 Å². The smallest absolute Gasteiger partial charge is 0.222 e. The number of hydrogen-bond acceptors (Lipinski definition) is 1. The highest BCUT2D eigenvalue weighted by atomic mass is 16.2. The Morgan fingerprint density at radius 1 is 0.778 bits per heavy atom. The van der Waals surface area contributed by atoms with Crippen LogP contribution in [0.25, 0.3) is 0 Å². The predicted octanol–water partition coefficient (Wildman–Crippen LogP) is 4.53. The molecule has 1 rings (SSSR count). The molecule has 1 saturated heterocycles. The summed E-state index contributed by atoms with van der Waals surface area (Å²) in [5, 5.41) is 0. The Labute approximate surface area is 113 Å². The lowest BCUT2D eigenvalue weighted by Crippen LogP contribution is -2.46. The molecule has 0 atom stereocenters. The maximum absolute atomic E-state index is 12.3. The Morgan fingerprint density at radius 2 is 1.22 bits per heavy atom. The van der Waals surface area contributed by atoms with Gasteiger partial charge < -0.3 is 4.90 Å². The highest BCUT2D eigenvalue weighted by Gasteiger charge is 2.25. The first kappa shape index (κ1) is 15.5. The van der Waals surface area contributed by atoms with Gasteiger partial charge in [-0.25, -0.2) is 0 Å². The largest absolute Gasteiger partial charge is 0.338 e. The van der Waals surface area contributed by atoms with Crippen molar-refractivity contribution in [3.05, 3.63) is 0 Å². The molecule has 106 valence electrons. The lowest BCUT2D eigenvalue weighted by molar-refractivity contribution is -0.136. The fraction of sp³-hybridized carbons (Fsp3) is 0.938. The fourth-order valence-electron chi connectivity index (χ4n) is 2.75. The van der Waals surface area contributed by atoms with Gasteiger partial charge in [-0.1, -0.05) is 44.9 Å². The minimum absolute atomic E-state index is 0.0166. The van der Waals surface area contributed by atoms with Crippen molar-refractivity contribution in [2.45, 2.75) is 90.5 Å². The third kappa shape index (κ3) is 5.88.